The second-order valence-corrected chi connectivity index (χ2v) is 6.63. The van der Waals surface area contributed by atoms with Crippen LogP contribution in [0.25, 0.3) is 0 Å². The van der Waals surface area contributed by atoms with Crippen LogP contribution in [0.4, 0.5) is 4.79 Å². The number of benzene rings is 1. The van der Waals surface area contributed by atoms with Gasteiger partial charge in [0.15, 0.2) is 0 Å². The molecule has 0 heterocycles. The second kappa shape index (κ2) is 9.66. The maximum atomic E-state index is 11.8. The van der Waals surface area contributed by atoms with Crippen molar-refractivity contribution in [3.8, 4) is 0 Å². The summed E-state index contributed by atoms with van der Waals surface area (Å²) in [7, 11) is 0. The van der Waals surface area contributed by atoms with Crippen LogP contribution in [-0.4, -0.2) is 34.8 Å². The van der Waals surface area contributed by atoms with Crippen molar-refractivity contribution in [2.45, 2.75) is 58.3 Å². The van der Waals surface area contributed by atoms with Gasteiger partial charge in [0.2, 0.25) is 0 Å². The van der Waals surface area contributed by atoms with E-state index >= 15 is 0 Å². The van der Waals surface area contributed by atoms with Gasteiger partial charge in [-0.15, -0.1) is 0 Å². The van der Waals surface area contributed by atoms with E-state index in [0.717, 1.165) is 5.56 Å². The van der Waals surface area contributed by atoms with E-state index in [9.17, 15) is 14.4 Å². The maximum absolute atomic E-state index is 11.8. The minimum absolute atomic E-state index is 0.000574. The summed E-state index contributed by atoms with van der Waals surface area (Å²) in [4.78, 5) is 34.5. The quantitative estimate of drug-likeness (QED) is 0.698. The Morgan fingerprint density at radius 3 is 2.36 bits per heavy atom. The summed E-state index contributed by atoms with van der Waals surface area (Å²) in [6.45, 7) is 5.28. The first-order chi connectivity index (χ1) is 11.7. The number of rotatable bonds is 8. The molecule has 1 amide bonds. The highest BCUT2D eigenvalue weighted by atomic mass is 16.6. The molecular weight excluding hydrogens is 326 g/mol. The molecule has 1 rings (SSSR count). The van der Waals surface area contributed by atoms with Crippen LogP contribution in [-0.2, 0) is 25.7 Å². The fourth-order valence-corrected chi connectivity index (χ4v) is 2.01. The summed E-state index contributed by atoms with van der Waals surface area (Å²) in [5.41, 5.74) is 0.178. The van der Waals surface area contributed by atoms with Crippen LogP contribution in [0.1, 0.15) is 45.6 Å². The van der Waals surface area contributed by atoms with Gasteiger partial charge in [0, 0.05) is 12.5 Å². The van der Waals surface area contributed by atoms with Crippen molar-refractivity contribution in [1.82, 2.24) is 5.32 Å². The number of carboxylic acid groups (broad SMARTS) is 1. The molecule has 25 heavy (non-hydrogen) atoms. The second-order valence-electron chi connectivity index (χ2n) is 6.63. The number of aliphatic carboxylic acids is 1. The molecule has 0 saturated heterocycles. The average molecular weight is 351 g/mol. The smallest absolute Gasteiger partial charge is 0.407 e. The summed E-state index contributed by atoms with van der Waals surface area (Å²) < 4.78 is 10.2. The summed E-state index contributed by atoms with van der Waals surface area (Å²) in [6, 6.07) is 8.52. The van der Waals surface area contributed by atoms with E-state index in [2.05, 4.69) is 5.32 Å². The normalized spacial score (nSPS) is 12.1. The summed E-state index contributed by atoms with van der Waals surface area (Å²) >= 11 is 0. The van der Waals surface area contributed by atoms with Gasteiger partial charge in [-0.2, -0.15) is 0 Å². The number of carbonyl (C=O) groups is 3. The minimum Gasteiger partial charge on any atom is -0.481 e. The Balaban J connectivity index is 2.44. The molecule has 7 heteroatoms. The van der Waals surface area contributed by atoms with Crippen LogP contribution in [0.15, 0.2) is 30.3 Å². The number of hydrogen-bond acceptors (Lipinski definition) is 5. The first-order valence-electron chi connectivity index (χ1n) is 8.06. The Bertz CT molecular complexity index is 579. The molecule has 7 nitrogen and oxygen atoms in total. The average Bonchev–Trinajstić information content (AvgIpc) is 2.49. The molecule has 0 spiro atoms. The van der Waals surface area contributed by atoms with Gasteiger partial charge < -0.3 is 19.9 Å². The fourth-order valence-electron chi connectivity index (χ4n) is 2.01. The van der Waals surface area contributed by atoms with Crippen LogP contribution in [0.2, 0.25) is 0 Å². The van der Waals surface area contributed by atoms with Crippen molar-refractivity contribution in [3.63, 3.8) is 0 Å². The van der Waals surface area contributed by atoms with Crippen molar-refractivity contribution < 1.29 is 29.0 Å². The summed E-state index contributed by atoms with van der Waals surface area (Å²) in [6.07, 6.45) is -0.860. The van der Waals surface area contributed by atoms with Gasteiger partial charge in [0.05, 0.1) is 6.42 Å². The Morgan fingerprint density at radius 1 is 1.16 bits per heavy atom. The molecular formula is C18H25NO6. The van der Waals surface area contributed by atoms with Gasteiger partial charge in [0.1, 0.15) is 12.2 Å². The third-order valence-electron chi connectivity index (χ3n) is 3.08. The lowest BCUT2D eigenvalue weighted by atomic mass is 10.1. The third kappa shape index (κ3) is 10.0. The Hall–Kier alpha value is -2.57. The molecule has 0 aliphatic carbocycles. The number of carboxylic acids is 1. The predicted octanol–water partition coefficient (Wildman–Crippen LogP) is 2.88. The summed E-state index contributed by atoms with van der Waals surface area (Å²) in [5, 5.41) is 11.4. The van der Waals surface area contributed by atoms with Crippen molar-refractivity contribution in [2.24, 2.45) is 0 Å². The van der Waals surface area contributed by atoms with E-state index in [-0.39, 0.29) is 25.9 Å². The lowest BCUT2D eigenvalue weighted by Gasteiger charge is -2.22. The number of esters is 1. The Kier molecular flexibility index (Phi) is 7.91. The highest BCUT2D eigenvalue weighted by molar-refractivity contribution is 5.72. The summed E-state index contributed by atoms with van der Waals surface area (Å²) in [5.74, 6) is -1.52. The zero-order chi connectivity index (χ0) is 18.9. The van der Waals surface area contributed by atoms with E-state index in [1.54, 1.807) is 20.8 Å². The molecule has 1 aromatic rings. The van der Waals surface area contributed by atoms with Crippen molar-refractivity contribution in [3.05, 3.63) is 35.9 Å². The maximum Gasteiger partial charge on any atom is 0.407 e. The number of nitrogens with one attached hydrogen (secondary N) is 1. The van der Waals surface area contributed by atoms with Gasteiger partial charge >= 0.3 is 18.0 Å². The van der Waals surface area contributed by atoms with Crippen LogP contribution in [0, 0.1) is 0 Å². The van der Waals surface area contributed by atoms with Crippen LogP contribution < -0.4 is 5.32 Å². The third-order valence-corrected chi connectivity index (χ3v) is 3.08. The molecule has 0 unspecified atom stereocenters. The number of ether oxygens (including phenoxy) is 2. The SMILES string of the molecule is CC(C)(C)OC(=O)N[C@@H](CCC(=O)OCc1ccccc1)CC(=O)O. The van der Waals surface area contributed by atoms with Crippen molar-refractivity contribution >= 4 is 18.0 Å². The highest BCUT2D eigenvalue weighted by Gasteiger charge is 2.22. The molecule has 138 valence electrons. The lowest BCUT2D eigenvalue weighted by molar-refractivity contribution is -0.145. The van der Waals surface area contributed by atoms with Gasteiger partial charge in [-0.25, -0.2) is 4.79 Å². The zero-order valence-electron chi connectivity index (χ0n) is 14.8. The van der Waals surface area contributed by atoms with Crippen molar-refractivity contribution in [1.29, 1.82) is 0 Å². The van der Waals surface area contributed by atoms with Crippen molar-refractivity contribution in [2.75, 3.05) is 0 Å². The molecule has 1 aromatic carbocycles. The van der Waals surface area contributed by atoms with E-state index in [4.69, 9.17) is 14.6 Å². The van der Waals surface area contributed by atoms with E-state index in [1.807, 2.05) is 30.3 Å². The Morgan fingerprint density at radius 2 is 1.80 bits per heavy atom. The topological polar surface area (TPSA) is 102 Å². The zero-order valence-corrected chi connectivity index (χ0v) is 14.8. The standard InChI is InChI=1S/C18H25NO6/c1-18(2,3)25-17(23)19-14(11-15(20)21)9-10-16(22)24-12-13-7-5-4-6-8-13/h4-8,14H,9-12H2,1-3H3,(H,19,23)(H,20,21)/t14-/m0/s1. The van der Waals surface area contributed by atoms with E-state index < -0.39 is 29.7 Å². The first kappa shape index (κ1) is 20.5. The Labute approximate surface area is 147 Å². The van der Waals surface area contributed by atoms with Gasteiger partial charge in [-0.1, -0.05) is 30.3 Å². The minimum atomic E-state index is -1.07. The molecule has 0 aromatic heterocycles. The number of alkyl carbamates (subject to hydrolysis) is 1. The largest absolute Gasteiger partial charge is 0.481 e. The fraction of sp³-hybridized carbons (Fsp3) is 0.500. The van der Waals surface area contributed by atoms with Crippen LogP contribution in [0.3, 0.4) is 0 Å². The monoisotopic (exact) mass is 351 g/mol. The first-order valence-corrected chi connectivity index (χ1v) is 8.06. The molecule has 0 bridgehead atoms. The van der Waals surface area contributed by atoms with E-state index in [1.165, 1.54) is 0 Å². The van der Waals surface area contributed by atoms with E-state index in [0.29, 0.717) is 0 Å². The predicted molar refractivity (Wildman–Crippen MR) is 90.9 cm³/mol. The van der Waals surface area contributed by atoms with Crippen LogP contribution >= 0.6 is 0 Å². The molecule has 0 aliphatic rings. The molecule has 0 fully saturated rings. The lowest BCUT2D eigenvalue weighted by Crippen LogP contribution is -2.40. The van der Waals surface area contributed by atoms with Gasteiger partial charge in [0.25, 0.3) is 0 Å². The van der Waals surface area contributed by atoms with Gasteiger partial charge in [-0.3, -0.25) is 9.59 Å². The number of carbonyl (C=O) groups excluding carboxylic acids is 2. The number of amides is 1. The highest BCUT2D eigenvalue weighted by Crippen LogP contribution is 2.10. The number of hydrogen-bond donors (Lipinski definition) is 2. The molecule has 0 radical (unpaired) electrons. The van der Waals surface area contributed by atoms with Gasteiger partial charge in [-0.05, 0) is 32.8 Å². The molecule has 2 N–H and O–H groups in total. The molecule has 1 atom stereocenters. The molecule has 0 saturated carbocycles. The molecule has 0 aliphatic heterocycles. The van der Waals surface area contributed by atoms with Crippen LogP contribution in [0.5, 0.6) is 0 Å².